The van der Waals surface area contributed by atoms with Crippen molar-refractivity contribution in [2.75, 3.05) is 26.5 Å². The minimum atomic E-state index is -0.514. The zero-order valence-electron chi connectivity index (χ0n) is 13.7. The Morgan fingerprint density at radius 3 is 2.74 bits per heavy atom. The van der Waals surface area contributed by atoms with E-state index in [0.29, 0.717) is 24.8 Å². The summed E-state index contributed by atoms with van der Waals surface area (Å²) >= 11 is 1.40. The first-order chi connectivity index (χ1) is 11.0. The Hall–Kier alpha value is -1.76. The molecule has 7 heteroatoms. The molecular weight excluding hydrogens is 316 g/mol. The third-order valence-electron chi connectivity index (χ3n) is 4.23. The van der Waals surface area contributed by atoms with Gasteiger partial charge in [-0.15, -0.1) is 11.8 Å². The molecule has 23 heavy (non-hydrogen) atoms. The summed E-state index contributed by atoms with van der Waals surface area (Å²) < 4.78 is 5.19. The van der Waals surface area contributed by atoms with Gasteiger partial charge < -0.3 is 9.64 Å². The number of amides is 1. The second-order valence-corrected chi connectivity index (χ2v) is 6.66. The minimum absolute atomic E-state index is 0.148. The number of methoxy groups -OCH3 is 1. The van der Waals surface area contributed by atoms with Crippen LogP contribution in [0.4, 0.5) is 5.69 Å². The maximum Gasteiger partial charge on any atom is 0.285 e. The number of nitro groups is 1. The van der Waals surface area contributed by atoms with E-state index in [9.17, 15) is 14.9 Å². The Morgan fingerprint density at radius 1 is 1.39 bits per heavy atom. The maximum atomic E-state index is 12.8. The zero-order valence-corrected chi connectivity index (χ0v) is 14.5. The van der Waals surface area contributed by atoms with E-state index in [-0.39, 0.29) is 17.2 Å². The molecule has 1 aliphatic heterocycles. The van der Waals surface area contributed by atoms with Crippen LogP contribution in [-0.2, 0) is 0 Å². The van der Waals surface area contributed by atoms with Gasteiger partial charge in [0.05, 0.1) is 23.0 Å². The summed E-state index contributed by atoms with van der Waals surface area (Å²) in [5.74, 6) is 0.745. The predicted octanol–water partition coefficient (Wildman–Crippen LogP) is 3.59. The number of benzene rings is 1. The van der Waals surface area contributed by atoms with Crippen LogP contribution >= 0.6 is 11.8 Å². The summed E-state index contributed by atoms with van der Waals surface area (Å²) in [5.41, 5.74) is -0.0448. The molecule has 0 aliphatic carbocycles. The number of thioether (sulfide) groups is 1. The van der Waals surface area contributed by atoms with Crippen molar-refractivity contribution in [2.24, 2.45) is 5.92 Å². The summed E-state index contributed by atoms with van der Waals surface area (Å²) in [7, 11) is 1.47. The number of likely N-dealkylation sites (tertiary alicyclic amines) is 1. The van der Waals surface area contributed by atoms with Crippen LogP contribution in [0.5, 0.6) is 5.75 Å². The van der Waals surface area contributed by atoms with Crippen LogP contribution < -0.4 is 4.74 Å². The van der Waals surface area contributed by atoms with E-state index in [0.717, 1.165) is 24.2 Å². The molecule has 0 bridgehead atoms. The fourth-order valence-electron chi connectivity index (χ4n) is 2.83. The summed E-state index contributed by atoms with van der Waals surface area (Å²) in [6, 6.07) is 2.93. The van der Waals surface area contributed by atoms with E-state index in [1.807, 2.05) is 6.26 Å². The molecule has 6 nitrogen and oxygen atoms in total. The van der Waals surface area contributed by atoms with Gasteiger partial charge in [0.1, 0.15) is 11.3 Å². The number of hydrogen-bond donors (Lipinski definition) is 0. The minimum Gasteiger partial charge on any atom is -0.495 e. The lowest BCUT2D eigenvalue weighted by Crippen LogP contribution is -2.32. The van der Waals surface area contributed by atoms with Gasteiger partial charge in [-0.05, 0) is 37.5 Å². The van der Waals surface area contributed by atoms with Gasteiger partial charge >= 0.3 is 0 Å². The van der Waals surface area contributed by atoms with Gasteiger partial charge in [-0.2, -0.15) is 0 Å². The molecule has 0 aromatic heterocycles. The second-order valence-electron chi connectivity index (χ2n) is 5.81. The highest BCUT2D eigenvalue weighted by Crippen LogP contribution is 2.35. The molecule has 0 saturated carbocycles. The second kappa shape index (κ2) is 7.68. The maximum absolute atomic E-state index is 12.8. The van der Waals surface area contributed by atoms with Gasteiger partial charge in [-0.25, -0.2) is 0 Å². The van der Waals surface area contributed by atoms with Gasteiger partial charge in [-0.3, -0.25) is 14.9 Å². The summed E-state index contributed by atoms with van der Waals surface area (Å²) in [4.78, 5) is 26.1. The number of nitro benzene ring substituents is 1. The Labute approximate surface area is 140 Å². The van der Waals surface area contributed by atoms with E-state index in [1.54, 1.807) is 11.0 Å². The summed E-state index contributed by atoms with van der Waals surface area (Å²) in [6.07, 6.45) is 4.81. The van der Waals surface area contributed by atoms with Crippen LogP contribution in [0, 0.1) is 16.0 Å². The molecule has 1 fully saturated rings. The van der Waals surface area contributed by atoms with E-state index in [4.69, 9.17) is 4.74 Å². The number of carbonyl (C=O) groups excluding carboxylic acids is 1. The van der Waals surface area contributed by atoms with Crippen molar-refractivity contribution in [2.45, 2.75) is 31.1 Å². The fraction of sp³-hybridized carbons (Fsp3) is 0.562. The normalized spacial score (nSPS) is 18.4. The van der Waals surface area contributed by atoms with E-state index in [2.05, 4.69) is 6.92 Å². The number of hydrogen-bond acceptors (Lipinski definition) is 5. The fourth-order valence-corrected chi connectivity index (χ4v) is 3.41. The van der Waals surface area contributed by atoms with E-state index in [1.165, 1.54) is 24.9 Å². The van der Waals surface area contributed by atoms with Gasteiger partial charge in [0.25, 0.3) is 11.6 Å². The highest BCUT2D eigenvalue weighted by atomic mass is 32.2. The number of rotatable bonds is 4. The van der Waals surface area contributed by atoms with E-state index >= 15 is 0 Å². The van der Waals surface area contributed by atoms with Crippen molar-refractivity contribution in [1.29, 1.82) is 0 Å². The van der Waals surface area contributed by atoms with Gasteiger partial charge in [-0.1, -0.05) is 6.92 Å². The van der Waals surface area contributed by atoms with Crippen LogP contribution in [-0.4, -0.2) is 42.2 Å². The average Bonchev–Trinajstić information content (AvgIpc) is 2.77. The average molecular weight is 338 g/mol. The third kappa shape index (κ3) is 3.96. The lowest BCUT2D eigenvalue weighted by atomic mass is 10.0. The Morgan fingerprint density at radius 2 is 2.13 bits per heavy atom. The Bertz CT molecular complexity index is 606. The summed E-state index contributed by atoms with van der Waals surface area (Å²) in [6.45, 7) is 3.48. The zero-order chi connectivity index (χ0) is 17.0. The smallest absolute Gasteiger partial charge is 0.285 e. The molecule has 1 aromatic rings. The van der Waals surface area contributed by atoms with Crippen LogP contribution in [0.25, 0.3) is 0 Å². The predicted molar refractivity (Wildman–Crippen MR) is 90.3 cm³/mol. The molecule has 1 amide bonds. The SMILES string of the molecule is COc1cc([N+](=O)[O-])c(C(=O)N2CCCC(C)CC2)cc1SC. The Kier molecular flexibility index (Phi) is 5.87. The molecule has 1 heterocycles. The molecule has 1 unspecified atom stereocenters. The van der Waals surface area contributed by atoms with Crippen molar-refractivity contribution >= 4 is 23.4 Å². The van der Waals surface area contributed by atoms with Crippen LogP contribution in [0.3, 0.4) is 0 Å². The van der Waals surface area contributed by atoms with Crippen molar-refractivity contribution in [3.63, 3.8) is 0 Å². The molecule has 0 spiro atoms. The lowest BCUT2D eigenvalue weighted by molar-refractivity contribution is -0.385. The monoisotopic (exact) mass is 338 g/mol. The van der Waals surface area contributed by atoms with E-state index < -0.39 is 4.92 Å². The molecular formula is C16H22N2O4S. The molecule has 1 atom stereocenters. The van der Waals surface area contributed by atoms with Crippen molar-refractivity contribution in [3.05, 3.63) is 27.8 Å². The first-order valence-corrected chi connectivity index (χ1v) is 8.90. The highest BCUT2D eigenvalue weighted by molar-refractivity contribution is 7.98. The summed E-state index contributed by atoms with van der Waals surface area (Å²) in [5, 5.41) is 11.4. The van der Waals surface area contributed by atoms with Gasteiger partial charge in [0, 0.05) is 13.1 Å². The topological polar surface area (TPSA) is 72.7 Å². The molecule has 0 radical (unpaired) electrons. The van der Waals surface area contributed by atoms with Crippen LogP contribution in [0.2, 0.25) is 0 Å². The highest BCUT2D eigenvalue weighted by Gasteiger charge is 2.28. The first kappa shape index (κ1) is 17.6. The number of nitrogens with zero attached hydrogens (tertiary/aromatic N) is 2. The Balaban J connectivity index is 2.39. The molecule has 2 rings (SSSR count). The molecule has 1 saturated heterocycles. The van der Waals surface area contributed by atoms with Crippen molar-refractivity contribution in [1.82, 2.24) is 4.90 Å². The molecule has 0 N–H and O–H groups in total. The van der Waals surface area contributed by atoms with Crippen LogP contribution in [0.1, 0.15) is 36.5 Å². The number of ether oxygens (including phenoxy) is 1. The van der Waals surface area contributed by atoms with Gasteiger partial charge in [0.2, 0.25) is 0 Å². The van der Waals surface area contributed by atoms with Gasteiger partial charge in [0.15, 0.2) is 0 Å². The number of carbonyl (C=O) groups is 1. The lowest BCUT2D eigenvalue weighted by Gasteiger charge is -2.21. The third-order valence-corrected chi connectivity index (χ3v) is 4.99. The molecule has 1 aliphatic rings. The largest absolute Gasteiger partial charge is 0.495 e. The van der Waals surface area contributed by atoms with Crippen LogP contribution in [0.15, 0.2) is 17.0 Å². The first-order valence-electron chi connectivity index (χ1n) is 7.67. The molecule has 126 valence electrons. The quantitative estimate of drug-likeness (QED) is 0.476. The molecule has 1 aromatic carbocycles. The van der Waals surface area contributed by atoms with Crippen molar-refractivity contribution in [3.8, 4) is 5.75 Å². The van der Waals surface area contributed by atoms with Crippen molar-refractivity contribution < 1.29 is 14.5 Å². The standard InChI is InChI=1S/C16H22N2O4S/c1-11-5-4-7-17(8-6-11)16(19)12-9-15(23-3)14(22-2)10-13(12)18(20)21/h9-11H,4-8H2,1-3H3.